The number of carbonyl (C=O) groups is 2. The maximum atomic E-state index is 12.6. The number of nitrogens with one attached hydrogen (secondary N) is 2. The Labute approximate surface area is 194 Å². The fraction of sp³-hybridized carbons (Fsp3) is 0.296. The maximum Gasteiger partial charge on any atom is 0.413 e. The largest absolute Gasteiger partial charge is 0.413 e. The van der Waals surface area contributed by atoms with E-state index in [0.717, 1.165) is 29.5 Å². The van der Waals surface area contributed by atoms with Crippen molar-refractivity contribution in [1.82, 2.24) is 15.6 Å². The number of ether oxygens (including phenoxy) is 1. The van der Waals surface area contributed by atoms with Crippen molar-refractivity contribution >= 4 is 12.0 Å². The van der Waals surface area contributed by atoms with Gasteiger partial charge in [-0.25, -0.2) is 9.78 Å². The van der Waals surface area contributed by atoms with Crippen molar-refractivity contribution < 1.29 is 14.3 Å². The summed E-state index contributed by atoms with van der Waals surface area (Å²) in [5, 5.41) is 5.83. The minimum atomic E-state index is -0.498. The van der Waals surface area contributed by atoms with Gasteiger partial charge in [0.1, 0.15) is 0 Å². The molecule has 1 aliphatic rings. The highest BCUT2D eigenvalue weighted by Gasteiger charge is 2.22. The Bertz CT molecular complexity index is 1100. The highest BCUT2D eigenvalue weighted by molar-refractivity contribution is 5.79. The average molecular weight is 444 g/mol. The number of hydrogen-bond acceptors (Lipinski definition) is 4. The molecule has 1 heterocycles. The lowest BCUT2D eigenvalue weighted by Crippen LogP contribution is -2.29. The van der Waals surface area contributed by atoms with Crippen LogP contribution in [0.4, 0.5) is 4.79 Å². The van der Waals surface area contributed by atoms with Crippen LogP contribution < -0.4 is 15.4 Å². The van der Waals surface area contributed by atoms with Gasteiger partial charge in [0.05, 0.1) is 0 Å². The van der Waals surface area contributed by atoms with Crippen molar-refractivity contribution in [3.05, 3.63) is 84.1 Å². The third-order valence-corrected chi connectivity index (χ3v) is 5.84. The van der Waals surface area contributed by atoms with Crippen LogP contribution in [0.3, 0.4) is 0 Å². The van der Waals surface area contributed by atoms with Crippen LogP contribution >= 0.6 is 0 Å². The van der Waals surface area contributed by atoms with E-state index in [-0.39, 0.29) is 17.7 Å². The van der Waals surface area contributed by atoms with Gasteiger partial charge in [0.25, 0.3) is 0 Å². The Hall–Kier alpha value is -3.67. The molecule has 1 aliphatic carbocycles. The third-order valence-electron chi connectivity index (χ3n) is 5.84. The van der Waals surface area contributed by atoms with E-state index in [1.54, 1.807) is 12.3 Å². The molecule has 170 valence electrons. The average Bonchev–Trinajstić information content (AvgIpc) is 3.67. The maximum absolute atomic E-state index is 12.6. The van der Waals surface area contributed by atoms with E-state index in [0.29, 0.717) is 31.0 Å². The zero-order valence-electron chi connectivity index (χ0n) is 18.8. The summed E-state index contributed by atoms with van der Waals surface area (Å²) >= 11 is 0. The first kappa shape index (κ1) is 22.5. The minimum absolute atomic E-state index is 0.0109. The van der Waals surface area contributed by atoms with Crippen LogP contribution in [-0.4, -0.2) is 23.5 Å². The fourth-order valence-electron chi connectivity index (χ4n) is 3.73. The molecular weight excluding hydrogens is 414 g/mol. The second-order valence-electron chi connectivity index (χ2n) is 8.52. The van der Waals surface area contributed by atoms with Gasteiger partial charge in [-0.15, -0.1) is 0 Å². The molecule has 0 spiro atoms. The van der Waals surface area contributed by atoms with Crippen molar-refractivity contribution in [2.24, 2.45) is 5.92 Å². The van der Waals surface area contributed by atoms with Crippen LogP contribution in [0.2, 0.25) is 0 Å². The smallest absolute Gasteiger partial charge is 0.391 e. The van der Waals surface area contributed by atoms with E-state index in [1.807, 2.05) is 60.7 Å². The quantitative estimate of drug-likeness (QED) is 0.485. The number of hydrogen-bond donors (Lipinski definition) is 2. The molecule has 1 aromatic heterocycles. The van der Waals surface area contributed by atoms with E-state index in [4.69, 9.17) is 4.74 Å². The summed E-state index contributed by atoms with van der Waals surface area (Å²) in [4.78, 5) is 29.1. The zero-order valence-corrected chi connectivity index (χ0v) is 18.8. The second-order valence-corrected chi connectivity index (χ2v) is 8.52. The standard InChI is InChI=1S/C27H29N3O3/c1-19(21-8-3-2-4-9-21)16-25(31)29-18-22-10-5-6-11-23(22)24-12-7-15-28-26(24)33-27(32)30-17-20-13-14-20/h2-12,15,19-20H,13-14,16-18H2,1H3,(H,29,31)(H,30,32). The SMILES string of the molecule is CC(CC(=O)NCc1ccccc1-c1cccnc1OC(=O)NCC1CC1)c1ccccc1. The number of benzene rings is 2. The monoisotopic (exact) mass is 443 g/mol. The number of amides is 2. The van der Waals surface area contributed by atoms with Crippen LogP contribution in [0.25, 0.3) is 11.1 Å². The van der Waals surface area contributed by atoms with Crippen LogP contribution in [0.15, 0.2) is 72.9 Å². The number of carbonyl (C=O) groups excluding carboxylic acids is 2. The summed E-state index contributed by atoms with van der Waals surface area (Å²) < 4.78 is 5.51. The highest BCUT2D eigenvalue weighted by atomic mass is 16.6. The lowest BCUT2D eigenvalue weighted by Gasteiger charge is -2.15. The van der Waals surface area contributed by atoms with Gasteiger partial charge in [-0.05, 0) is 53.5 Å². The first-order valence-corrected chi connectivity index (χ1v) is 11.4. The molecule has 4 rings (SSSR count). The summed E-state index contributed by atoms with van der Waals surface area (Å²) in [6.45, 7) is 3.06. The Balaban J connectivity index is 1.42. The predicted octanol–water partition coefficient (Wildman–Crippen LogP) is 5.06. The van der Waals surface area contributed by atoms with Crippen LogP contribution in [-0.2, 0) is 11.3 Å². The van der Waals surface area contributed by atoms with Gasteiger partial charge >= 0.3 is 6.09 Å². The lowest BCUT2D eigenvalue weighted by atomic mass is 9.97. The van der Waals surface area contributed by atoms with Crippen LogP contribution in [0.5, 0.6) is 5.88 Å². The van der Waals surface area contributed by atoms with Crippen LogP contribution in [0.1, 0.15) is 43.2 Å². The van der Waals surface area contributed by atoms with E-state index in [2.05, 4.69) is 22.5 Å². The Morgan fingerprint density at radius 1 is 0.970 bits per heavy atom. The summed E-state index contributed by atoms with van der Waals surface area (Å²) in [5.74, 6) is 0.939. The van der Waals surface area contributed by atoms with Gasteiger partial charge in [0.2, 0.25) is 11.8 Å². The van der Waals surface area contributed by atoms with Crippen molar-refractivity contribution in [3.63, 3.8) is 0 Å². The molecule has 6 heteroatoms. The Kier molecular flexibility index (Phi) is 7.35. The Morgan fingerprint density at radius 3 is 2.48 bits per heavy atom. The molecule has 1 atom stereocenters. The molecule has 6 nitrogen and oxygen atoms in total. The van der Waals surface area contributed by atoms with E-state index < -0.39 is 6.09 Å². The zero-order chi connectivity index (χ0) is 23.0. The Morgan fingerprint density at radius 2 is 1.70 bits per heavy atom. The first-order chi connectivity index (χ1) is 16.1. The van der Waals surface area contributed by atoms with Crippen molar-refractivity contribution in [1.29, 1.82) is 0 Å². The van der Waals surface area contributed by atoms with E-state index in [1.165, 1.54) is 0 Å². The summed E-state index contributed by atoms with van der Waals surface area (Å²) in [6.07, 6.45) is 3.82. The van der Waals surface area contributed by atoms with Crippen molar-refractivity contribution in [3.8, 4) is 17.0 Å². The molecule has 0 aliphatic heterocycles. The molecule has 1 unspecified atom stereocenters. The predicted molar refractivity (Wildman–Crippen MR) is 128 cm³/mol. The molecule has 0 saturated heterocycles. The van der Waals surface area contributed by atoms with Crippen molar-refractivity contribution in [2.75, 3.05) is 6.54 Å². The molecule has 2 amide bonds. The summed E-state index contributed by atoms with van der Waals surface area (Å²) in [7, 11) is 0. The summed E-state index contributed by atoms with van der Waals surface area (Å²) in [6, 6.07) is 21.4. The number of aromatic nitrogens is 1. The van der Waals surface area contributed by atoms with Gasteiger partial charge in [-0.3, -0.25) is 4.79 Å². The van der Waals surface area contributed by atoms with Gasteiger partial charge < -0.3 is 15.4 Å². The lowest BCUT2D eigenvalue weighted by molar-refractivity contribution is -0.121. The molecule has 2 N–H and O–H groups in total. The molecular formula is C27H29N3O3. The van der Waals surface area contributed by atoms with Gasteiger partial charge in [0.15, 0.2) is 0 Å². The first-order valence-electron chi connectivity index (χ1n) is 11.4. The third kappa shape index (κ3) is 6.42. The van der Waals surface area contributed by atoms with Crippen molar-refractivity contribution in [2.45, 2.75) is 38.6 Å². The van der Waals surface area contributed by atoms with E-state index in [9.17, 15) is 9.59 Å². The number of pyridine rings is 1. The van der Waals surface area contributed by atoms with Gasteiger partial charge in [-0.2, -0.15) is 0 Å². The number of rotatable bonds is 9. The molecule has 1 fully saturated rings. The molecule has 0 radical (unpaired) electrons. The number of nitrogens with zero attached hydrogens (tertiary/aromatic N) is 1. The molecule has 33 heavy (non-hydrogen) atoms. The normalized spacial score (nSPS) is 13.7. The fourth-order valence-corrected chi connectivity index (χ4v) is 3.73. The minimum Gasteiger partial charge on any atom is -0.391 e. The second kappa shape index (κ2) is 10.8. The van der Waals surface area contributed by atoms with Gasteiger partial charge in [0, 0.05) is 31.3 Å². The molecule has 2 aromatic carbocycles. The molecule has 3 aromatic rings. The molecule has 1 saturated carbocycles. The van der Waals surface area contributed by atoms with Gasteiger partial charge in [-0.1, -0.05) is 61.5 Å². The topological polar surface area (TPSA) is 80.3 Å². The highest BCUT2D eigenvalue weighted by Crippen LogP contribution is 2.31. The van der Waals surface area contributed by atoms with E-state index >= 15 is 0 Å². The van der Waals surface area contributed by atoms with Crippen LogP contribution in [0, 0.1) is 5.92 Å². The summed E-state index contributed by atoms with van der Waals surface area (Å²) in [5.41, 5.74) is 3.65. The molecule has 0 bridgehead atoms.